The molecule has 1 rings (SSSR count). The number of carbonyl (C=O) groups excluding carboxylic acids is 1. The van der Waals surface area contributed by atoms with Crippen LogP contribution in [0.2, 0.25) is 0 Å². The highest BCUT2D eigenvalue weighted by molar-refractivity contribution is 5.91. The van der Waals surface area contributed by atoms with E-state index in [1.165, 1.54) is 28.1 Å². The van der Waals surface area contributed by atoms with E-state index in [2.05, 4.69) is 0 Å². The summed E-state index contributed by atoms with van der Waals surface area (Å²) in [5.41, 5.74) is -2.71. The summed E-state index contributed by atoms with van der Waals surface area (Å²) in [6, 6.07) is 2.56. The molecule has 0 unspecified atom stereocenters. The average Bonchev–Trinajstić information content (AvgIpc) is 2.46. The van der Waals surface area contributed by atoms with Crippen molar-refractivity contribution >= 4 is 17.3 Å². The first-order valence-corrected chi connectivity index (χ1v) is 6.35. The zero-order chi connectivity index (χ0) is 17.8. The molecule has 0 spiro atoms. The fourth-order valence-corrected chi connectivity index (χ4v) is 1.93. The number of rotatable bonds is 7. The molecule has 0 fully saturated rings. The van der Waals surface area contributed by atoms with Crippen LogP contribution in [-0.2, 0) is 14.2 Å². The number of carbonyl (C=O) groups is 1. The summed E-state index contributed by atoms with van der Waals surface area (Å²) in [5, 5.41) is 21.7. The number of non-ortho nitro benzene ring substituents is 2. The van der Waals surface area contributed by atoms with Gasteiger partial charge in [0.1, 0.15) is 0 Å². The Hall–Kier alpha value is -2.59. The minimum Gasteiger partial charge on any atom is -0.451 e. The molecule has 126 valence electrons. The van der Waals surface area contributed by atoms with Gasteiger partial charge >= 0.3 is 5.97 Å². The first-order chi connectivity index (χ1) is 10.6. The van der Waals surface area contributed by atoms with Gasteiger partial charge in [-0.3, -0.25) is 20.2 Å². The van der Waals surface area contributed by atoms with Crippen molar-refractivity contribution in [3.8, 4) is 0 Å². The number of nitrogens with zero attached hydrogens (tertiary/aromatic N) is 2. The third-order valence-corrected chi connectivity index (χ3v) is 2.91. The molecule has 0 atom stereocenters. The van der Waals surface area contributed by atoms with E-state index in [-0.39, 0.29) is 5.56 Å². The zero-order valence-corrected chi connectivity index (χ0v) is 13.0. The highest BCUT2D eigenvalue weighted by atomic mass is 16.7. The number of esters is 1. The number of hydrogen-bond acceptors (Lipinski definition) is 8. The van der Waals surface area contributed by atoms with Crippen molar-refractivity contribution in [3.05, 3.63) is 44.0 Å². The molecule has 0 amide bonds. The summed E-state index contributed by atoms with van der Waals surface area (Å²) in [6.45, 7) is 3.02. The molecule has 0 saturated carbocycles. The summed E-state index contributed by atoms with van der Waals surface area (Å²) < 4.78 is 15.2. The molecule has 10 heteroatoms. The van der Waals surface area contributed by atoms with Crippen molar-refractivity contribution in [2.45, 2.75) is 25.7 Å². The van der Waals surface area contributed by atoms with Gasteiger partial charge < -0.3 is 14.2 Å². The molecular formula is C13H16N2O8. The Morgan fingerprint density at radius 1 is 1.04 bits per heavy atom. The first-order valence-electron chi connectivity index (χ1n) is 6.35. The molecule has 0 radical (unpaired) electrons. The molecule has 0 aliphatic rings. The van der Waals surface area contributed by atoms with E-state index in [0.717, 1.165) is 18.2 Å². The molecule has 0 saturated heterocycles. The van der Waals surface area contributed by atoms with Crippen LogP contribution in [0.1, 0.15) is 24.2 Å². The van der Waals surface area contributed by atoms with Crippen LogP contribution in [0.4, 0.5) is 11.4 Å². The van der Waals surface area contributed by atoms with E-state index >= 15 is 0 Å². The number of nitro benzene ring substituents is 2. The van der Waals surface area contributed by atoms with Crippen molar-refractivity contribution in [1.82, 2.24) is 0 Å². The van der Waals surface area contributed by atoms with Gasteiger partial charge in [0.25, 0.3) is 11.4 Å². The highest BCUT2D eigenvalue weighted by Crippen LogP contribution is 2.26. The molecule has 0 aromatic heterocycles. The first kappa shape index (κ1) is 18.5. The fraction of sp³-hybridized carbons (Fsp3) is 0.462. The number of methoxy groups -OCH3 is 2. The van der Waals surface area contributed by atoms with Crippen LogP contribution in [0.3, 0.4) is 0 Å². The van der Waals surface area contributed by atoms with Gasteiger partial charge in [-0.2, -0.15) is 0 Å². The van der Waals surface area contributed by atoms with Crippen molar-refractivity contribution in [1.29, 1.82) is 0 Å². The van der Waals surface area contributed by atoms with Gasteiger partial charge in [0.2, 0.25) is 0 Å². The Morgan fingerprint density at radius 2 is 1.48 bits per heavy atom. The highest BCUT2D eigenvalue weighted by Gasteiger charge is 2.35. The van der Waals surface area contributed by atoms with Gasteiger partial charge in [0.05, 0.1) is 21.5 Å². The lowest BCUT2D eigenvalue weighted by atomic mass is 10.1. The Kier molecular flexibility index (Phi) is 5.71. The Labute approximate surface area is 131 Å². The Balaban J connectivity index is 3.17. The van der Waals surface area contributed by atoms with Crippen molar-refractivity contribution in [2.75, 3.05) is 14.2 Å². The van der Waals surface area contributed by atoms with Gasteiger partial charge in [-0.1, -0.05) is 0 Å². The second-order valence-corrected chi connectivity index (χ2v) is 5.05. The van der Waals surface area contributed by atoms with Gasteiger partial charge in [-0.15, -0.1) is 0 Å². The number of benzene rings is 1. The van der Waals surface area contributed by atoms with Crippen LogP contribution in [0.25, 0.3) is 0 Å². The lowest BCUT2D eigenvalue weighted by Crippen LogP contribution is -2.43. The molecule has 0 bridgehead atoms. The summed E-state index contributed by atoms with van der Waals surface area (Å²) in [6.07, 6.45) is -0.889. The molecule has 0 N–H and O–H groups in total. The predicted molar refractivity (Wildman–Crippen MR) is 77.1 cm³/mol. The quantitative estimate of drug-likeness (QED) is 0.321. The second-order valence-electron chi connectivity index (χ2n) is 5.05. The molecule has 23 heavy (non-hydrogen) atoms. The maximum Gasteiger partial charge on any atom is 0.339 e. The molecular weight excluding hydrogens is 312 g/mol. The molecule has 0 aliphatic heterocycles. The van der Waals surface area contributed by atoms with Crippen LogP contribution in [0.15, 0.2) is 18.2 Å². The van der Waals surface area contributed by atoms with Crippen LogP contribution in [0.5, 0.6) is 0 Å². The smallest absolute Gasteiger partial charge is 0.339 e. The van der Waals surface area contributed by atoms with Crippen LogP contribution in [-0.4, -0.2) is 41.9 Å². The van der Waals surface area contributed by atoms with Crippen LogP contribution in [0, 0.1) is 20.2 Å². The van der Waals surface area contributed by atoms with Crippen molar-refractivity contribution < 1.29 is 28.9 Å². The zero-order valence-electron chi connectivity index (χ0n) is 13.0. The lowest BCUT2D eigenvalue weighted by molar-refractivity contribution is -0.394. The number of nitro groups is 2. The molecule has 1 aromatic carbocycles. The van der Waals surface area contributed by atoms with Gasteiger partial charge in [0.15, 0.2) is 11.9 Å². The Bertz CT molecular complexity index is 592. The number of ether oxygens (including phenoxy) is 3. The topological polar surface area (TPSA) is 131 Å². The standard InChI is InChI=1S/C13H16N2O8/c1-13(2,12(21-3)22-4)23-11(16)8-5-9(14(17)18)7-10(6-8)15(19)20/h5-7,12H,1-4H3. The monoisotopic (exact) mass is 328 g/mol. The van der Waals surface area contributed by atoms with Crippen molar-refractivity contribution in [2.24, 2.45) is 0 Å². The van der Waals surface area contributed by atoms with Crippen LogP contribution < -0.4 is 0 Å². The lowest BCUT2D eigenvalue weighted by Gasteiger charge is -2.31. The van der Waals surface area contributed by atoms with E-state index < -0.39 is 39.1 Å². The Morgan fingerprint density at radius 3 is 1.83 bits per heavy atom. The van der Waals surface area contributed by atoms with Gasteiger partial charge in [0, 0.05) is 26.4 Å². The third kappa shape index (κ3) is 4.44. The summed E-state index contributed by atoms with van der Waals surface area (Å²) >= 11 is 0. The van der Waals surface area contributed by atoms with E-state index in [9.17, 15) is 25.0 Å². The maximum atomic E-state index is 12.2. The predicted octanol–water partition coefficient (Wildman–Crippen LogP) is 2.06. The fourth-order valence-electron chi connectivity index (χ4n) is 1.93. The molecule has 0 aliphatic carbocycles. The van der Waals surface area contributed by atoms with Crippen molar-refractivity contribution in [3.63, 3.8) is 0 Å². The van der Waals surface area contributed by atoms with E-state index in [1.807, 2.05) is 0 Å². The molecule has 10 nitrogen and oxygen atoms in total. The van der Waals surface area contributed by atoms with E-state index in [1.54, 1.807) is 0 Å². The summed E-state index contributed by atoms with van der Waals surface area (Å²) in [4.78, 5) is 32.2. The van der Waals surface area contributed by atoms with Gasteiger partial charge in [-0.05, 0) is 13.8 Å². The third-order valence-electron chi connectivity index (χ3n) is 2.91. The summed E-state index contributed by atoms with van der Waals surface area (Å²) in [7, 11) is 2.70. The van der Waals surface area contributed by atoms with E-state index in [4.69, 9.17) is 14.2 Å². The minimum atomic E-state index is -1.22. The molecule has 0 heterocycles. The number of hydrogen-bond donors (Lipinski definition) is 0. The second kappa shape index (κ2) is 7.11. The SMILES string of the molecule is COC(OC)C(C)(C)OC(=O)c1cc([N+](=O)[O-])cc([N+](=O)[O-])c1. The van der Waals surface area contributed by atoms with Crippen LogP contribution >= 0.6 is 0 Å². The largest absolute Gasteiger partial charge is 0.451 e. The summed E-state index contributed by atoms with van der Waals surface area (Å²) in [5.74, 6) is -0.971. The minimum absolute atomic E-state index is 0.315. The van der Waals surface area contributed by atoms with E-state index in [0.29, 0.717) is 0 Å². The normalized spacial score (nSPS) is 11.3. The van der Waals surface area contributed by atoms with Gasteiger partial charge in [-0.25, -0.2) is 4.79 Å². The average molecular weight is 328 g/mol. The maximum absolute atomic E-state index is 12.2. The molecule has 1 aromatic rings.